The molecule has 0 fully saturated rings. The van der Waals surface area contributed by atoms with E-state index in [0.717, 1.165) is 22.5 Å². The Bertz CT molecular complexity index is 917. The first kappa shape index (κ1) is 17.0. The van der Waals surface area contributed by atoms with Crippen molar-refractivity contribution in [2.45, 2.75) is 6.92 Å². The fourth-order valence-electron chi connectivity index (χ4n) is 2.62. The largest absolute Gasteiger partial charge is 0.378 e. The molecule has 0 saturated carbocycles. The molecule has 128 valence electrons. The summed E-state index contributed by atoms with van der Waals surface area (Å²) in [6, 6.07) is 14.9. The monoisotopic (exact) mass is 354 g/mol. The Morgan fingerprint density at radius 3 is 2.64 bits per heavy atom. The lowest BCUT2D eigenvalue weighted by Crippen LogP contribution is -2.15. The summed E-state index contributed by atoms with van der Waals surface area (Å²) in [7, 11) is 3.87. The van der Waals surface area contributed by atoms with Gasteiger partial charge in [-0.05, 0) is 42.8 Å². The highest BCUT2D eigenvalue weighted by Crippen LogP contribution is 2.31. The molecule has 0 atom stereocenters. The number of aromatic amines is 1. The fraction of sp³-hybridized carbons (Fsp3) is 0.158. The number of halogens is 1. The molecule has 1 aromatic heterocycles. The Balaban J connectivity index is 1.92. The summed E-state index contributed by atoms with van der Waals surface area (Å²) in [4.78, 5) is 14.6. The number of rotatable bonds is 4. The van der Waals surface area contributed by atoms with E-state index < -0.39 is 0 Å². The van der Waals surface area contributed by atoms with E-state index in [1.165, 1.54) is 0 Å². The number of benzene rings is 2. The number of carbonyl (C=O) groups excluding carboxylic acids is 1. The summed E-state index contributed by atoms with van der Waals surface area (Å²) < 4.78 is 0. The summed E-state index contributed by atoms with van der Waals surface area (Å²) in [5.41, 5.74) is 4.13. The van der Waals surface area contributed by atoms with Crippen molar-refractivity contribution in [3.8, 4) is 11.1 Å². The van der Waals surface area contributed by atoms with Crippen molar-refractivity contribution in [2.75, 3.05) is 24.3 Å². The van der Waals surface area contributed by atoms with Crippen LogP contribution in [0.1, 0.15) is 16.1 Å². The molecule has 0 aliphatic carbocycles. The molecule has 6 heteroatoms. The normalized spacial score (nSPS) is 10.6. The minimum absolute atomic E-state index is 0.210. The standard InChI is InChI=1S/C19H19ClN4O/c1-12-17(13-6-4-8-15(20)10-13)18(23-22-12)21-19(25)14-7-5-9-16(11-14)24(2)3/h4-11H,1-3H3,(H2,21,22,23,25). The summed E-state index contributed by atoms with van der Waals surface area (Å²) in [5.74, 6) is 0.276. The van der Waals surface area contributed by atoms with Gasteiger partial charge in [0.2, 0.25) is 0 Å². The fourth-order valence-corrected chi connectivity index (χ4v) is 2.81. The van der Waals surface area contributed by atoms with E-state index in [-0.39, 0.29) is 5.91 Å². The van der Waals surface area contributed by atoms with Crippen LogP contribution in [0, 0.1) is 6.92 Å². The molecule has 2 aromatic carbocycles. The predicted octanol–water partition coefficient (Wildman–Crippen LogP) is 4.36. The van der Waals surface area contributed by atoms with Crippen molar-refractivity contribution < 1.29 is 4.79 Å². The number of hydrogen-bond acceptors (Lipinski definition) is 3. The van der Waals surface area contributed by atoms with E-state index in [0.29, 0.717) is 16.4 Å². The number of H-pyrrole nitrogens is 1. The zero-order valence-electron chi connectivity index (χ0n) is 14.3. The SMILES string of the molecule is Cc1[nH]nc(NC(=O)c2cccc(N(C)C)c2)c1-c1cccc(Cl)c1. The molecule has 0 radical (unpaired) electrons. The second-order valence-corrected chi connectivity index (χ2v) is 6.42. The van der Waals surface area contributed by atoms with Crippen LogP contribution in [0.25, 0.3) is 11.1 Å². The van der Waals surface area contributed by atoms with Gasteiger partial charge in [0.15, 0.2) is 5.82 Å². The van der Waals surface area contributed by atoms with Gasteiger partial charge in [-0.2, -0.15) is 5.10 Å². The van der Waals surface area contributed by atoms with E-state index in [1.54, 1.807) is 6.07 Å². The van der Waals surface area contributed by atoms with Crippen LogP contribution in [0.2, 0.25) is 5.02 Å². The van der Waals surface area contributed by atoms with E-state index in [9.17, 15) is 4.79 Å². The summed E-state index contributed by atoms with van der Waals surface area (Å²) in [6.07, 6.45) is 0. The molecule has 25 heavy (non-hydrogen) atoms. The van der Waals surface area contributed by atoms with Gasteiger partial charge in [0, 0.05) is 41.6 Å². The van der Waals surface area contributed by atoms with E-state index in [2.05, 4.69) is 15.5 Å². The number of aryl methyl sites for hydroxylation is 1. The van der Waals surface area contributed by atoms with Gasteiger partial charge in [0.1, 0.15) is 0 Å². The van der Waals surface area contributed by atoms with Crippen LogP contribution in [0.3, 0.4) is 0 Å². The van der Waals surface area contributed by atoms with Gasteiger partial charge in [-0.3, -0.25) is 9.89 Å². The van der Waals surface area contributed by atoms with E-state index in [4.69, 9.17) is 11.6 Å². The highest BCUT2D eigenvalue weighted by Gasteiger charge is 2.16. The molecule has 0 spiro atoms. The second kappa shape index (κ2) is 6.99. The Labute approximate surface area is 151 Å². The summed E-state index contributed by atoms with van der Waals surface area (Å²) in [6.45, 7) is 1.91. The number of amides is 1. The Morgan fingerprint density at radius 2 is 1.92 bits per heavy atom. The molecule has 1 amide bonds. The van der Waals surface area contributed by atoms with Crippen LogP contribution < -0.4 is 10.2 Å². The average Bonchev–Trinajstić information content (AvgIpc) is 2.95. The van der Waals surface area contributed by atoms with Crippen molar-refractivity contribution >= 4 is 29.0 Å². The Morgan fingerprint density at radius 1 is 1.16 bits per heavy atom. The highest BCUT2D eigenvalue weighted by molar-refractivity contribution is 6.30. The minimum atomic E-state index is -0.210. The molecule has 3 rings (SSSR count). The van der Waals surface area contributed by atoms with Crippen molar-refractivity contribution in [1.29, 1.82) is 0 Å². The van der Waals surface area contributed by atoms with E-state index in [1.807, 2.05) is 68.4 Å². The molecular formula is C19H19ClN4O. The van der Waals surface area contributed by atoms with Crippen molar-refractivity contribution in [3.63, 3.8) is 0 Å². The first-order chi connectivity index (χ1) is 12.0. The molecule has 1 heterocycles. The Hall–Kier alpha value is -2.79. The quantitative estimate of drug-likeness (QED) is 0.732. The van der Waals surface area contributed by atoms with Crippen LogP contribution in [0.15, 0.2) is 48.5 Å². The maximum Gasteiger partial charge on any atom is 0.256 e. The number of carbonyl (C=O) groups is 1. The van der Waals surface area contributed by atoms with Crippen LogP contribution in [0.4, 0.5) is 11.5 Å². The van der Waals surface area contributed by atoms with Gasteiger partial charge in [0.05, 0.1) is 0 Å². The van der Waals surface area contributed by atoms with Gasteiger partial charge >= 0.3 is 0 Å². The van der Waals surface area contributed by atoms with Gasteiger partial charge in [0.25, 0.3) is 5.91 Å². The molecule has 0 saturated heterocycles. The van der Waals surface area contributed by atoms with Crippen LogP contribution in [0.5, 0.6) is 0 Å². The number of aromatic nitrogens is 2. The number of anilines is 2. The predicted molar refractivity (Wildman–Crippen MR) is 102 cm³/mol. The molecule has 0 bridgehead atoms. The zero-order valence-corrected chi connectivity index (χ0v) is 15.1. The number of hydrogen-bond donors (Lipinski definition) is 2. The Kier molecular flexibility index (Phi) is 4.76. The zero-order chi connectivity index (χ0) is 18.0. The highest BCUT2D eigenvalue weighted by atomic mass is 35.5. The molecule has 5 nitrogen and oxygen atoms in total. The number of nitrogens with zero attached hydrogens (tertiary/aromatic N) is 2. The molecule has 2 N–H and O–H groups in total. The van der Waals surface area contributed by atoms with Crippen LogP contribution in [-0.4, -0.2) is 30.2 Å². The molecule has 3 aromatic rings. The van der Waals surface area contributed by atoms with Crippen LogP contribution in [-0.2, 0) is 0 Å². The van der Waals surface area contributed by atoms with Crippen molar-refractivity contribution in [3.05, 3.63) is 64.8 Å². The smallest absolute Gasteiger partial charge is 0.256 e. The van der Waals surface area contributed by atoms with Gasteiger partial charge in [-0.1, -0.05) is 29.8 Å². The van der Waals surface area contributed by atoms with Crippen LogP contribution >= 0.6 is 11.6 Å². The first-order valence-corrected chi connectivity index (χ1v) is 8.23. The minimum Gasteiger partial charge on any atom is -0.378 e. The second-order valence-electron chi connectivity index (χ2n) is 5.98. The third kappa shape index (κ3) is 3.67. The van der Waals surface area contributed by atoms with Crippen molar-refractivity contribution in [1.82, 2.24) is 10.2 Å². The third-order valence-electron chi connectivity index (χ3n) is 3.92. The first-order valence-electron chi connectivity index (χ1n) is 7.85. The summed E-state index contributed by atoms with van der Waals surface area (Å²) in [5, 5.41) is 10.7. The molecule has 0 aliphatic heterocycles. The molecule has 0 aliphatic rings. The van der Waals surface area contributed by atoms with Gasteiger partial charge < -0.3 is 10.2 Å². The van der Waals surface area contributed by atoms with Gasteiger partial charge in [-0.25, -0.2) is 0 Å². The lowest BCUT2D eigenvalue weighted by atomic mass is 10.1. The summed E-state index contributed by atoms with van der Waals surface area (Å²) >= 11 is 6.09. The third-order valence-corrected chi connectivity index (χ3v) is 4.15. The van der Waals surface area contributed by atoms with E-state index >= 15 is 0 Å². The molecular weight excluding hydrogens is 336 g/mol. The number of nitrogens with one attached hydrogen (secondary N) is 2. The van der Waals surface area contributed by atoms with Gasteiger partial charge in [-0.15, -0.1) is 0 Å². The maximum atomic E-state index is 12.6. The molecule has 0 unspecified atom stereocenters. The maximum absolute atomic E-state index is 12.6. The lowest BCUT2D eigenvalue weighted by molar-refractivity contribution is 0.102. The topological polar surface area (TPSA) is 61.0 Å². The van der Waals surface area contributed by atoms with Crippen molar-refractivity contribution in [2.24, 2.45) is 0 Å². The lowest BCUT2D eigenvalue weighted by Gasteiger charge is -2.13. The average molecular weight is 355 g/mol.